The van der Waals surface area contributed by atoms with E-state index in [1.54, 1.807) is 0 Å². The van der Waals surface area contributed by atoms with E-state index in [9.17, 15) is 4.79 Å². The molecule has 4 heteroatoms. The fourth-order valence-electron chi connectivity index (χ4n) is 2.49. The highest BCUT2D eigenvalue weighted by molar-refractivity contribution is 6.31. The molecule has 1 aromatic carbocycles. The van der Waals surface area contributed by atoms with Gasteiger partial charge in [-0.25, -0.2) is 0 Å². The van der Waals surface area contributed by atoms with Gasteiger partial charge in [-0.3, -0.25) is 4.79 Å². The van der Waals surface area contributed by atoms with E-state index in [2.05, 4.69) is 10.6 Å². The molecule has 3 nitrogen and oxygen atoms in total. The standard InChI is InChI=1S/C16H23ClN2O/c1-11(13-9-18-10-13)15(20)19-16(2,3)8-12-6-4-5-7-14(12)17/h4-7,11,13,18H,8-10H2,1-3H3,(H,19,20). The number of benzene rings is 1. The van der Waals surface area contributed by atoms with Gasteiger partial charge in [0, 0.05) is 16.5 Å². The van der Waals surface area contributed by atoms with E-state index < -0.39 is 0 Å². The molecule has 1 saturated heterocycles. The SMILES string of the molecule is CC(C(=O)NC(C)(C)Cc1ccccc1Cl)C1CNC1. The van der Waals surface area contributed by atoms with Crippen molar-refractivity contribution in [2.75, 3.05) is 13.1 Å². The Bertz CT molecular complexity index is 483. The number of nitrogens with one attached hydrogen (secondary N) is 2. The molecule has 1 fully saturated rings. The quantitative estimate of drug-likeness (QED) is 0.876. The lowest BCUT2D eigenvalue weighted by Crippen LogP contribution is -2.53. The van der Waals surface area contributed by atoms with Gasteiger partial charge >= 0.3 is 0 Å². The molecule has 1 aliphatic heterocycles. The Hall–Kier alpha value is -1.06. The van der Waals surface area contributed by atoms with Crippen molar-refractivity contribution in [1.29, 1.82) is 0 Å². The number of halogens is 1. The van der Waals surface area contributed by atoms with Crippen molar-refractivity contribution >= 4 is 17.5 Å². The van der Waals surface area contributed by atoms with Crippen molar-refractivity contribution in [1.82, 2.24) is 10.6 Å². The van der Waals surface area contributed by atoms with Crippen molar-refractivity contribution in [3.8, 4) is 0 Å². The van der Waals surface area contributed by atoms with Crippen molar-refractivity contribution in [2.45, 2.75) is 32.7 Å². The summed E-state index contributed by atoms with van der Waals surface area (Å²) in [4.78, 5) is 12.3. The van der Waals surface area contributed by atoms with Gasteiger partial charge in [-0.2, -0.15) is 0 Å². The summed E-state index contributed by atoms with van der Waals surface area (Å²) in [5.41, 5.74) is 0.769. The predicted molar refractivity (Wildman–Crippen MR) is 82.9 cm³/mol. The summed E-state index contributed by atoms with van der Waals surface area (Å²) in [5.74, 6) is 0.654. The van der Waals surface area contributed by atoms with Crippen molar-refractivity contribution < 1.29 is 4.79 Å². The third-order valence-corrected chi connectivity index (χ3v) is 4.35. The van der Waals surface area contributed by atoms with Crippen LogP contribution in [-0.2, 0) is 11.2 Å². The largest absolute Gasteiger partial charge is 0.351 e. The molecule has 1 unspecified atom stereocenters. The molecule has 2 N–H and O–H groups in total. The number of amides is 1. The van der Waals surface area contributed by atoms with Crippen LogP contribution in [0.15, 0.2) is 24.3 Å². The summed E-state index contributed by atoms with van der Waals surface area (Å²) >= 11 is 6.19. The summed E-state index contributed by atoms with van der Waals surface area (Å²) in [6.45, 7) is 7.98. The second-order valence-corrected chi connectivity index (χ2v) is 6.76. The molecule has 1 heterocycles. The fraction of sp³-hybridized carbons (Fsp3) is 0.562. The lowest BCUT2D eigenvalue weighted by molar-refractivity contribution is -0.128. The van der Waals surface area contributed by atoms with Gasteiger partial charge in [-0.1, -0.05) is 36.7 Å². The highest BCUT2D eigenvalue weighted by Gasteiger charge is 2.31. The fourth-order valence-corrected chi connectivity index (χ4v) is 2.69. The first-order valence-corrected chi connectivity index (χ1v) is 7.53. The van der Waals surface area contributed by atoms with Gasteiger partial charge in [0.1, 0.15) is 0 Å². The maximum absolute atomic E-state index is 12.3. The zero-order chi connectivity index (χ0) is 14.8. The number of hydrogen-bond donors (Lipinski definition) is 2. The van der Waals surface area contributed by atoms with Crippen molar-refractivity contribution in [3.05, 3.63) is 34.9 Å². The number of rotatable bonds is 5. The number of hydrogen-bond acceptors (Lipinski definition) is 2. The van der Waals surface area contributed by atoms with E-state index in [0.29, 0.717) is 5.92 Å². The Morgan fingerprint density at radius 2 is 2.10 bits per heavy atom. The van der Waals surface area contributed by atoms with Gasteiger partial charge in [0.25, 0.3) is 0 Å². The molecule has 0 spiro atoms. The Morgan fingerprint density at radius 3 is 2.65 bits per heavy atom. The third-order valence-electron chi connectivity index (χ3n) is 3.99. The average molecular weight is 295 g/mol. The molecule has 2 rings (SSSR count). The highest BCUT2D eigenvalue weighted by Crippen LogP contribution is 2.22. The second-order valence-electron chi connectivity index (χ2n) is 6.35. The molecular formula is C16H23ClN2O. The van der Waals surface area contributed by atoms with Gasteiger partial charge in [-0.05, 0) is 50.9 Å². The van der Waals surface area contributed by atoms with Crippen LogP contribution < -0.4 is 10.6 Å². The molecular weight excluding hydrogens is 272 g/mol. The van der Waals surface area contributed by atoms with E-state index in [4.69, 9.17) is 11.6 Å². The molecule has 0 saturated carbocycles. The van der Waals surface area contributed by atoms with E-state index in [-0.39, 0.29) is 17.4 Å². The summed E-state index contributed by atoms with van der Waals surface area (Å²) in [6, 6.07) is 7.79. The highest BCUT2D eigenvalue weighted by atomic mass is 35.5. The molecule has 1 aromatic rings. The maximum Gasteiger partial charge on any atom is 0.223 e. The number of carbonyl (C=O) groups is 1. The Kier molecular flexibility index (Phi) is 4.71. The summed E-state index contributed by atoms with van der Waals surface area (Å²) < 4.78 is 0. The molecule has 20 heavy (non-hydrogen) atoms. The Labute approximate surface area is 126 Å². The molecule has 0 aliphatic carbocycles. The Morgan fingerprint density at radius 1 is 1.45 bits per heavy atom. The van der Waals surface area contributed by atoms with E-state index in [1.807, 2.05) is 45.0 Å². The minimum Gasteiger partial charge on any atom is -0.351 e. The molecule has 110 valence electrons. The molecule has 0 radical (unpaired) electrons. The van der Waals surface area contributed by atoms with Crippen LogP contribution in [0.4, 0.5) is 0 Å². The van der Waals surface area contributed by atoms with Gasteiger partial charge in [0.15, 0.2) is 0 Å². The van der Waals surface area contributed by atoms with Gasteiger partial charge < -0.3 is 10.6 Å². The van der Waals surface area contributed by atoms with Gasteiger partial charge in [-0.15, -0.1) is 0 Å². The molecule has 1 atom stereocenters. The van der Waals surface area contributed by atoms with Crippen molar-refractivity contribution in [3.63, 3.8) is 0 Å². The number of carbonyl (C=O) groups excluding carboxylic acids is 1. The van der Waals surface area contributed by atoms with Crippen LogP contribution in [0.2, 0.25) is 5.02 Å². The monoisotopic (exact) mass is 294 g/mol. The predicted octanol–water partition coefficient (Wildman–Crippen LogP) is 2.63. The van der Waals surface area contributed by atoms with Crippen LogP contribution in [0.3, 0.4) is 0 Å². The molecule has 0 bridgehead atoms. The zero-order valence-corrected chi connectivity index (χ0v) is 13.1. The first kappa shape index (κ1) is 15.3. The van der Waals surface area contributed by atoms with E-state index in [0.717, 1.165) is 30.1 Å². The van der Waals surface area contributed by atoms with E-state index in [1.165, 1.54) is 0 Å². The normalized spacial score (nSPS) is 17.4. The van der Waals surface area contributed by atoms with Gasteiger partial charge in [0.05, 0.1) is 0 Å². The first-order chi connectivity index (χ1) is 9.39. The first-order valence-electron chi connectivity index (χ1n) is 7.15. The van der Waals surface area contributed by atoms with Crippen LogP contribution in [0.1, 0.15) is 26.3 Å². The smallest absolute Gasteiger partial charge is 0.223 e. The lowest BCUT2D eigenvalue weighted by Gasteiger charge is -2.35. The second kappa shape index (κ2) is 6.15. The van der Waals surface area contributed by atoms with Crippen LogP contribution >= 0.6 is 11.6 Å². The lowest BCUT2D eigenvalue weighted by atomic mass is 9.87. The third kappa shape index (κ3) is 3.74. The molecule has 1 aliphatic rings. The summed E-state index contributed by atoms with van der Waals surface area (Å²) in [7, 11) is 0. The van der Waals surface area contributed by atoms with Crippen LogP contribution in [0, 0.1) is 11.8 Å². The minimum absolute atomic E-state index is 0.0572. The Balaban J connectivity index is 1.96. The van der Waals surface area contributed by atoms with Crippen molar-refractivity contribution in [2.24, 2.45) is 11.8 Å². The molecule has 0 aromatic heterocycles. The zero-order valence-electron chi connectivity index (χ0n) is 12.4. The van der Waals surface area contributed by atoms with Crippen LogP contribution in [0.25, 0.3) is 0 Å². The summed E-state index contributed by atoms with van der Waals surface area (Å²) in [6.07, 6.45) is 0.730. The van der Waals surface area contributed by atoms with E-state index >= 15 is 0 Å². The van der Waals surface area contributed by atoms with Crippen LogP contribution in [0.5, 0.6) is 0 Å². The van der Waals surface area contributed by atoms with Crippen LogP contribution in [-0.4, -0.2) is 24.5 Å². The average Bonchev–Trinajstić information content (AvgIpc) is 2.29. The molecule has 1 amide bonds. The minimum atomic E-state index is -0.298. The topological polar surface area (TPSA) is 41.1 Å². The summed E-state index contributed by atoms with van der Waals surface area (Å²) in [5, 5.41) is 7.12. The maximum atomic E-state index is 12.3. The van der Waals surface area contributed by atoms with Gasteiger partial charge in [0.2, 0.25) is 5.91 Å².